The topological polar surface area (TPSA) is 41.0 Å². The number of nitrogens with one attached hydrogen (secondary N) is 1. The quantitative estimate of drug-likeness (QED) is 0.911. The van der Waals surface area contributed by atoms with Gasteiger partial charge in [-0.05, 0) is 36.8 Å². The van der Waals surface area contributed by atoms with Gasteiger partial charge in [0.25, 0.3) is 0 Å². The van der Waals surface area contributed by atoms with E-state index in [0.29, 0.717) is 5.92 Å². The molecule has 1 aromatic heterocycles. The van der Waals surface area contributed by atoms with Crippen LogP contribution < -0.4 is 10.2 Å². The molecule has 4 nitrogen and oxygen atoms in total. The molecule has 1 aromatic carbocycles. The first-order valence-electron chi connectivity index (χ1n) is 8.17. The van der Waals surface area contributed by atoms with Crippen molar-refractivity contribution in [1.29, 1.82) is 0 Å². The van der Waals surface area contributed by atoms with Crippen LogP contribution in [-0.2, 0) is 0 Å². The van der Waals surface area contributed by atoms with E-state index in [-0.39, 0.29) is 0 Å². The van der Waals surface area contributed by atoms with Crippen LogP contribution in [0.2, 0.25) is 0 Å². The molecule has 0 saturated carbocycles. The molecule has 0 spiro atoms. The summed E-state index contributed by atoms with van der Waals surface area (Å²) in [4.78, 5) is 11.2. The summed E-state index contributed by atoms with van der Waals surface area (Å²) in [6, 6.07) is 10.5. The summed E-state index contributed by atoms with van der Waals surface area (Å²) < 4.78 is 0. The Kier molecular flexibility index (Phi) is 4.56. The highest BCUT2D eigenvalue weighted by Gasteiger charge is 2.13. The average Bonchev–Trinajstić information content (AvgIpc) is 2.56. The summed E-state index contributed by atoms with van der Waals surface area (Å²) in [6.45, 7) is 6.61. The molecule has 0 amide bonds. The number of para-hydroxylation sites is 1. The molecule has 0 aliphatic carbocycles. The molecule has 2 aromatic rings. The minimum Gasteiger partial charge on any atom is -0.356 e. The highest BCUT2D eigenvalue weighted by Crippen LogP contribution is 2.27. The number of rotatable bonds is 4. The Balaban J connectivity index is 1.81. The number of hydrogen-bond donors (Lipinski definition) is 1. The lowest BCUT2D eigenvalue weighted by Gasteiger charge is -2.27. The molecule has 1 aliphatic rings. The Morgan fingerprint density at radius 2 is 1.82 bits per heavy atom. The molecule has 0 radical (unpaired) electrons. The van der Waals surface area contributed by atoms with E-state index in [1.54, 1.807) is 6.33 Å². The molecule has 1 N–H and O–H groups in total. The van der Waals surface area contributed by atoms with Crippen molar-refractivity contribution >= 4 is 17.3 Å². The van der Waals surface area contributed by atoms with Gasteiger partial charge in [-0.2, -0.15) is 0 Å². The summed E-state index contributed by atoms with van der Waals surface area (Å²) in [5.74, 6) is 2.37. The van der Waals surface area contributed by atoms with Gasteiger partial charge in [0, 0.05) is 24.8 Å². The first kappa shape index (κ1) is 14.8. The van der Waals surface area contributed by atoms with E-state index in [1.807, 2.05) is 0 Å². The maximum absolute atomic E-state index is 4.44. The first-order valence-corrected chi connectivity index (χ1v) is 8.17. The molecule has 1 fully saturated rings. The van der Waals surface area contributed by atoms with E-state index in [0.717, 1.165) is 30.4 Å². The highest BCUT2D eigenvalue weighted by atomic mass is 15.2. The van der Waals surface area contributed by atoms with E-state index >= 15 is 0 Å². The van der Waals surface area contributed by atoms with Crippen molar-refractivity contribution in [2.24, 2.45) is 0 Å². The lowest BCUT2D eigenvalue weighted by Crippen LogP contribution is -2.30. The predicted octanol–water partition coefficient (Wildman–Crippen LogP) is 4.33. The van der Waals surface area contributed by atoms with E-state index in [4.69, 9.17) is 0 Å². The molecular weight excluding hydrogens is 272 g/mol. The molecule has 0 unspecified atom stereocenters. The van der Waals surface area contributed by atoms with Crippen molar-refractivity contribution in [1.82, 2.24) is 9.97 Å². The lowest BCUT2D eigenvalue weighted by atomic mass is 10.0. The van der Waals surface area contributed by atoms with E-state index < -0.39 is 0 Å². The normalized spacial score (nSPS) is 15.1. The Morgan fingerprint density at radius 3 is 2.59 bits per heavy atom. The zero-order valence-corrected chi connectivity index (χ0v) is 13.4. The minimum atomic E-state index is 0.479. The number of piperidine rings is 1. The van der Waals surface area contributed by atoms with Crippen LogP contribution in [0.5, 0.6) is 0 Å². The van der Waals surface area contributed by atoms with Crippen LogP contribution in [0.15, 0.2) is 36.7 Å². The van der Waals surface area contributed by atoms with Crippen molar-refractivity contribution in [3.63, 3.8) is 0 Å². The van der Waals surface area contributed by atoms with Gasteiger partial charge in [-0.15, -0.1) is 0 Å². The predicted molar refractivity (Wildman–Crippen MR) is 91.9 cm³/mol. The largest absolute Gasteiger partial charge is 0.356 e. The van der Waals surface area contributed by atoms with Crippen LogP contribution in [0.4, 0.5) is 17.3 Å². The maximum Gasteiger partial charge on any atom is 0.135 e. The van der Waals surface area contributed by atoms with Crippen LogP contribution in [0.25, 0.3) is 0 Å². The second-order valence-corrected chi connectivity index (χ2v) is 6.18. The van der Waals surface area contributed by atoms with Crippen LogP contribution in [0, 0.1) is 0 Å². The van der Waals surface area contributed by atoms with Gasteiger partial charge in [-0.1, -0.05) is 32.0 Å². The zero-order valence-electron chi connectivity index (χ0n) is 13.4. The summed E-state index contributed by atoms with van der Waals surface area (Å²) in [5, 5.41) is 3.46. The molecule has 1 aliphatic heterocycles. The number of nitrogens with zero attached hydrogens (tertiary/aromatic N) is 3. The van der Waals surface area contributed by atoms with Crippen molar-refractivity contribution in [2.45, 2.75) is 39.0 Å². The minimum absolute atomic E-state index is 0.479. The first-order chi connectivity index (χ1) is 10.7. The van der Waals surface area contributed by atoms with Gasteiger partial charge in [-0.25, -0.2) is 9.97 Å². The van der Waals surface area contributed by atoms with Gasteiger partial charge in [0.1, 0.15) is 18.0 Å². The molecule has 116 valence electrons. The molecule has 2 heterocycles. The number of aromatic nitrogens is 2. The van der Waals surface area contributed by atoms with Crippen LogP contribution in [0.1, 0.15) is 44.6 Å². The summed E-state index contributed by atoms with van der Waals surface area (Å²) >= 11 is 0. The van der Waals surface area contributed by atoms with Crippen LogP contribution in [0.3, 0.4) is 0 Å². The van der Waals surface area contributed by atoms with Gasteiger partial charge in [0.15, 0.2) is 0 Å². The van der Waals surface area contributed by atoms with Crippen LogP contribution in [-0.4, -0.2) is 23.1 Å². The van der Waals surface area contributed by atoms with Gasteiger partial charge >= 0.3 is 0 Å². The Labute approximate surface area is 132 Å². The fourth-order valence-electron chi connectivity index (χ4n) is 2.96. The monoisotopic (exact) mass is 296 g/mol. The third kappa shape index (κ3) is 3.38. The zero-order chi connectivity index (χ0) is 15.4. The third-order valence-electron chi connectivity index (χ3n) is 4.18. The van der Waals surface area contributed by atoms with Crippen molar-refractivity contribution < 1.29 is 0 Å². The van der Waals surface area contributed by atoms with Crippen LogP contribution >= 0.6 is 0 Å². The summed E-state index contributed by atoms with van der Waals surface area (Å²) in [7, 11) is 0. The van der Waals surface area contributed by atoms with Gasteiger partial charge in [0.2, 0.25) is 0 Å². The molecule has 0 atom stereocenters. The SMILES string of the molecule is CC(C)c1ccccc1Nc1cc(N2CCCCC2)ncn1. The smallest absolute Gasteiger partial charge is 0.135 e. The summed E-state index contributed by atoms with van der Waals surface area (Å²) in [5.41, 5.74) is 2.43. The van der Waals surface area contributed by atoms with Crippen molar-refractivity contribution in [3.05, 3.63) is 42.2 Å². The van der Waals surface area contributed by atoms with Gasteiger partial charge < -0.3 is 10.2 Å². The molecule has 4 heteroatoms. The molecular formula is C18H24N4. The second-order valence-electron chi connectivity index (χ2n) is 6.18. The number of hydrogen-bond acceptors (Lipinski definition) is 4. The fraction of sp³-hybridized carbons (Fsp3) is 0.444. The molecule has 3 rings (SSSR count). The fourth-order valence-corrected chi connectivity index (χ4v) is 2.96. The Hall–Kier alpha value is -2.10. The number of benzene rings is 1. The van der Waals surface area contributed by atoms with Crippen molar-refractivity contribution in [3.8, 4) is 0 Å². The van der Waals surface area contributed by atoms with Gasteiger partial charge in [-0.3, -0.25) is 0 Å². The van der Waals surface area contributed by atoms with Gasteiger partial charge in [0.05, 0.1) is 0 Å². The summed E-state index contributed by atoms with van der Waals surface area (Å²) in [6.07, 6.45) is 5.49. The standard InChI is InChI=1S/C18H24N4/c1-14(2)15-8-4-5-9-16(15)21-17-12-18(20-13-19-17)22-10-6-3-7-11-22/h4-5,8-9,12-14H,3,6-7,10-11H2,1-2H3,(H,19,20,21). The number of anilines is 3. The third-order valence-corrected chi connectivity index (χ3v) is 4.18. The van der Waals surface area contributed by atoms with Crippen molar-refractivity contribution in [2.75, 3.05) is 23.3 Å². The Morgan fingerprint density at radius 1 is 1.05 bits per heavy atom. The van der Waals surface area contributed by atoms with E-state index in [1.165, 1.54) is 24.8 Å². The molecule has 22 heavy (non-hydrogen) atoms. The second kappa shape index (κ2) is 6.77. The highest BCUT2D eigenvalue weighted by molar-refractivity contribution is 5.63. The van der Waals surface area contributed by atoms with E-state index in [9.17, 15) is 0 Å². The maximum atomic E-state index is 4.44. The van der Waals surface area contributed by atoms with E-state index in [2.05, 4.69) is 64.4 Å². The molecule has 0 bridgehead atoms. The molecule has 1 saturated heterocycles. The average molecular weight is 296 g/mol. The lowest BCUT2D eigenvalue weighted by molar-refractivity contribution is 0.573. The Bertz CT molecular complexity index is 618.